The van der Waals surface area contributed by atoms with Gasteiger partial charge in [0, 0.05) is 5.39 Å². The van der Waals surface area contributed by atoms with Crippen molar-refractivity contribution in [2.45, 2.75) is 13.5 Å². The van der Waals surface area contributed by atoms with E-state index in [9.17, 15) is 4.79 Å². The number of aromatic nitrogens is 2. The van der Waals surface area contributed by atoms with Gasteiger partial charge in [-0.15, -0.1) is 0 Å². The van der Waals surface area contributed by atoms with Crippen LogP contribution in [-0.2, 0) is 16.1 Å². The van der Waals surface area contributed by atoms with Gasteiger partial charge >= 0.3 is 5.97 Å². The monoisotopic (exact) mass is 330 g/mol. The number of ether oxygens (including phenoxy) is 1. The van der Waals surface area contributed by atoms with Crippen LogP contribution in [0.4, 0.5) is 0 Å². The second-order valence-corrected chi connectivity index (χ2v) is 4.29. The molecule has 0 unspecified atom stereocenters. The molecule has 2 rings (SSSR count). The summed E-state index contributed by atoms with van der Waals surface area (Å²) in [4.78, 5) is 11.4. The quantitative estimate of drug-likeness (QED) is 0.640. The minimum Gasteiger partial charge on any atom is -0.465 e. The highest BCUT2D eigenvalue weighted by molar-refractivity contribution is 14.1. The van der Waals surface area contributed by atoms with E-state index in [1.807, 2.05) is 24.3 Å². The Morgan fingerprint density at radius 1 is 1.50 bits per heavy atom. The van der Waals surface area contributed by atoms with Gasteiger partial charge in [0.25, 0.3) is 0 Å². The zero-order valence-corrected chi connectivity index (χ0v) is 11.0. The molecule has 0 bridgehead atoms. The third kappa shape index (κ3) is 2.18. The summed E-state index contributed by atoms with van der Waals surface area (Å²) < 4.78 is 7.48. The molecule has 1 aromatic heterocycles. The van der Waals surface area contributed by atoms with Gasteiger partial charge in [0.1, 0.15) is 10.2 Å². The number of rotatable bonds is 3. The van der Waals surface area contributed by atoms with Crippen LogP contribution in [-0.4, -0.2) is 22.4 Å². The van der Waals surface area contributed by atoms with E-state index in [0.717, 1.165) is 14.6 Å². The molecule has 0 saturated heterocycles. The van der Waals surface area contributed by atoms with Gasteiger partial charge in [-0.3, -0.25) is 9.48 Å². The minimum atomic E-state index is -0.257. The molecule has 0 amide bonds. The van der Waals surface area contributed by atoms with Crippen molar-refractivity contribution in [3.05, 3.63) is 28.0 Å². The Morgan fingerprint density at radius 3 is 3.00 bits per heavy atom. The first-order chi connectivity index (χ1) is 7.72. The molecule has 4 nitrogen and oxygen atoms in total. The molecule has 84 valence electrons. The van der Waals surface area contributed by atoms with Crippen molar-refractivity contribution in [2.75, 3.05) is 6.61 Å². The number of carbonyl (C=O) groups is 1. The van der Waals surface area contributed by atoms with Gasteiger partial charge in [-0.25, -0.2) is 0 Å². The zero-order valence-electron chi connectivity index (χ0n) is 8.81. The lowest BCUT2D eigenvalue weighted by atomic mass is 10.2. The van der Waals surface area contributed by atoms with Gasteiger partial charge in [0.05, 0.1) is 12.1 Å². The molecular formula is C11H11IN2O2. The maximum atomic E-state index is 11.4. The van der Waals surface area contributed by atoms with Crippen molar-refractivity contribution >= 4 is 39.5 Å². The molecule has 0 N–H and O–H groups in total. The molecule has 0 radical (unpaired) electrons. The van der Waals surface area contributed by atoms with Crippen LogP contribution in [0.5, 0.6) is 0 Å². The number of esters is 1. The summed E-state index contributed by atoms with van der Waals surface area (Å²) in [5, 5.41) is 5.38. The van der Waals surface area contributed by atoms with E-state index < -0.39 is 0 Å². The van der Waals surface area contributed by atoms with Crippen LogP contribution in [0.15, 0.2) is 24.3 Å². The van der Waals surface area contributed by atoms with E-state index >= 15 is 0 Å². The zero-order chi connectivity index (χ0) is 11.5. The first-order valence-electron chi connectivity index (χ1n) is 4.99. The summed E-state index contributed by atoms with van der Waals surface area (Å²) in [6, 6.07) is 7.83. The standard InChI is InChI=1S/C11H11IN2O2/c1-2-16-10(15)7-14-9-6-4-3-5-8(9)11(12)13-14/h3-6H,2,7H2,1H3. The SMILES string of the molecule is CCOC(=O)Cn1nc(I)c2ccccc21. The molecule has 16 heavy (non-hydrogen) atoms. The molecule has 0 aliphatic rings. The third-order valence-corrected chi connectivity index (χ3v) is 2.99. The number of benzene rings is 1. The summed E-state index contributed by atoms with van der Waals surface area (Å²) in [7, 11) is 0. The smallest absolute Gasteiger partial charge is 0.327 e. The van der Waals surface area contributed by atoms with Crippen LogP contribution >= 0.6 is 22.6 Å². The molecular weight excluding hydrogens is 319 g/mol. The lowest BCUT2D eigenvalue weighted by Crippen LogP contribution is -2.14. The summed E-state index contributed by atoms with van der Waals surface area (Å²) in [5.74, 6) is -0.257. The van der Waals surface area contributed by atoms with Crippen LogP contribution in [0, 0.1) is 3.70 Å². The van der Waals surface area contributed by atoms with Crippen LogP contribution in [0.3, 0.4) is 0 Å². The highest BCUT2D eigenvalue weighted by Crippen LogP contribution is 2.19. The summed E-state index contributed by atoms with van der Waals surface area (Å²) in [6.07, 6.45) is 0. The number of nitrogens with zero attached hydrogens (tertiary/aromatic N) is 2. The van der Waals surface area contributed by atoms with E-state index in [1.165, 1.54) is 0 Å². The third-order valence-electron chi connectivity index (χ3n) is 2.20. The number of hydrogen-bond acceptors (Lipinski definition) is 3. The van der Waals surface area contributed by atoms with Crippen LogP contribution in [0.25, 0.3) is 10.9 Å². The molecule has 1 aromatic carbocycles. The molecule has 0 aliphatic heterocycles. The Kier molecular flexibility index (Phi) is 3.42. The number of carbonyl (C=O) groups excluding carboxylic acids is 1. The van der Waals surface area contributed by atoms with E-state index in [2.05, 4.69) is 27.7 Å². The topological polar surface area (TPSA) is 44.1 Å². The van der Waals surface area contributed by atoms with Gasteiger partial charge in [-0.2, -0.15) is 5.10 Å². The first-order valence-corrected chi connectivity index (χ1v) is 6.07. The normalized spacial score (nSPS) is 10.6. The Balaban J connectivity index is 2.34. The Labute approximate surface area is 107 Å². The van der Waals surface area contributed by atoms with Crippen molar-refractivity contribution in [1.82, 2.24) is 9.78 Å². The molecule has 0 atom stereocenters. The van der Waals surface area contributed by atoms with Crippen molar-refractivity contribution in [3.8, 4) is 0 Å². The fourth-order valence-electron chi connectivity index (χ4n) is 1.54. The summed E-state index contributed by atoms with van der Waals surface area (Å²) in [5.41, 5.74) is 0.958. The molecule has 2 aromatic rings. The number of para-hydroxylation sites is 1. The minimum absolute atomic E-state index is 0.164. The van der Waals surface area contributed by atoms with E-state index in [0.29, 0.717) is 6.61 Å². The van der Waals surface area contributed by atoms with Gasteiger partial charge < -0.3 is 4.74 Å². The largest absolute Gasteiger partial charge is 0.465 e. The Morgan fingerprint density at radius 2 is 2.25 bits per heavy atom. The van der Waals surface area contributed by atoms with Crippen molar-refractivity contribution < 1.29 is 9.53 Å². The fraction of sp³-hybridized carbons (Fsp3) is 0.273. The van der Waals surface area contributed by atoms with Crippen LogP contribution in [0.2, 0.25) is 0 Å². The molecule has 0 spiro atoms. The maximum Gasteiger partial charge on any atom is 0.327 e. The lowest BCUT2D eigenvalue weighted by molar-refractivity contribution is -0.143. The molecule has 0 aliphatic carbocycles. The number of hydrogen-bond donors (Lipinski definition) is 0. The Hall–Kier alpha value is -1.11. The highest BCUT2D eigenvalue weighted by Gasteiger charge is 2.10. The summed E-state index contributed by atoms with van der Waals surface area (Å²) >= 11 is 2.16. The molecule has 1 heterocycles. The van der Waals surface area contributed by atoms with Crippen LogP contribution in [0.1, 0.15) is 6.92 Å². The van der Waals surface area contributed by atoms with Crippen molar-refractivity contribution in [3.63, 3.8) is 0 Å². The van der Waals surface area contributed by atoms with Crippen molar-refractivity contribution in [1.29, 1.82) is 0 Å². The van der Waals surface area contributed by atoms with Gasteiger partial charge in [0.15, 0.2) is 0 Å². The maximum absolute atomic E-state index is 11.4. The number of fused-ring (bicyclic) bond motifs is 1. The predicted octanol–water partition coefficient (Wildman–Crippen LogP) is 2.20. The average molecular weight is 330 g/mol. The van der Waals surface area contributed by atoms with E-state index in [4.69, 9.17) is 4.74 Å². The second-order valence-electron chi connectivity index (χ2n) is 3.27. The van der Waals surface area contributed by atoms with E-state index in [-0.39, 0.29) is 12.5 Å². The summed E-state index contributed by atoms with van der Waals surface area (Å²) in [6.45, 7) is 2.36. The number of halogens is 1. The Bertz CT molecular complexity index is 522. The lowest BCUT2D eigenvalue weighted by Gasteiger charge is -2.02. The fourth-order valence-corrected chi connectivity index (χ4v) is 2.25. The van der Waals surface area contributed by atoms with E-state index in [1.54, 1.807) is 11.6 Å². The first kappa shape index (κ1) is 11.4. The van der Waals surface area contributed by atoms with Crippen molar-refractivity contribution in [2.24, 2.45) is 0 Å². The van der Waals surface area contributed by atoms with Crippen LogP contribution < -0.4 is 0 Å². The molecule has 0 fully saturated rings. The highest BCUT2D eigenvalue weighted by atomic mass is 127. The predicted molar refractivity (Wildman–Crippen MR) is 69.1 cm³/mol. The average Bonchev–Trinajstić information content (AvgIpc) is 2.57. The molecule has 0 saturated carbocycles. The van der Waals surface area contributed by atoms with Gasteiger partial charge in [-0.05, 0) is 35.6 Å². The van der Waals surface area contributed by atoms with Gasteiger partial charge in [-0.1, -0.05) is 18.2 Å². The second kappa shape index (κ2) is 4.82. The molecule has 5 heteroatoms. The van der Waals surface area contributed by atoms with Gasteiger partial charge in [0.2, 0.25) is 0 Å².